The molecular formula is C12H17FN2O4S2. The quantitative estimate of drug-likeness (QED) is 0.778. The fraction of sp³-hybridized carbons (Fsp3) is 0.417. The van der Waals surface area contributed by atoms with Crippen molar-refractivity contribution in [1.29, 1.82) is 0 Å². The molecule has 0 fully saturated rings. The molecule has 0 spiro atoms. The van der Waals surface area contributed by atoms with Gasteiger partial charge in [-0.1, -0.05) is 6.92 Å². The molecule has 0 aliphatic rings. The number of primary sulfonamides is 1. The van der Waals surface area contributed by atoms with E-state index >= 15 is 0 Å². The Bertz CT molecular complexity index is 674. The summed E-state index contributed by atoms with van der Waals surface area (Å²) in [5.41, 5.74) is -0.287. The molecule has 0 radical (unpaired) electrons. The average molecular weight is 336 g/mol. The number of rotatable bonds is 6. The first-order valence-corrected chi connectivity index (χ1v) is 9.16. The lowest BCUT2D eigenvalue weighted by Gasteiger charge is -2.09. The van der Waals surface area contributed by atoms with Crippen molar-refractivity contribution in [3.05, 3.63) is 29.1 Å². The molecule has 21 heavy (non-hydrogen) atoms. The lowest BCUT2D eigenvalue weighted by atomic mass is 10.1. The molecule has 0 aromatic heterocycles. The van der Waals surface area contributed by atoms with Crippen LogP contribution in [0.4, 0.5) is 4.39 Å². The fourth-order valence-electron chi connectivity index (χ4n) is 1.61. The van der Waals surface area contributed by atoms with Crippen LogP contribution in [0, 0.1) is 12.7 Å². The zero-order valence-corrected chi connectivity index (χ0v) is 13.3. The van der Waals surface area contributed by atoms with Gasteiger partial charge in [0.2, 0.25) is 10.0 Å². The van der Waals surface area contributed by atoms with Crippen LogP contribution in [0.2, 0.25) is 0 Å². The molecule has 6 nitrogen and oxygen atoms in total. The largest absolute Gasteiger partial charge is 0.351 e. The zero-order valence-electron chi connectivity index (χ0n) is 11.7. The van der Waals surface area contributed by atoms with Crippen LogP contribution in [0.3, 0.4) is 0 Å². The molecule has 1 rings (SSSR count). The average Bonchev–Trinajstić information content (AvgIpc) is 2.39. The Hall–Kier alpha value is -1.32. The molecule has 118 valence electrons. The van der Waals surface area contributed by atoms with E-state index in [1.54, 1.807) is 6.92 Å². The summed E-state index contributed by atoms with van der Waals surface area (Å²) in [4.78, 5) is 11.4. The normalized spacial score (nSPS) is 13.0. The van der Waals surface area contributed by atoms with E-state index in [-0.39, 0.29) is 23.4 Å². The second-order valence-corrected chi connectivity index (χ2v) is 7.71. The van der Waals surface area contributed by atoms with Gasteiger partial charge in [-0.15, -0.1) is 0 Å². The third-order valence-corrected chi connectivity index (χ3v) is 5.14. The van der Waals surface area contributed by atoms with Crippen LogP contribution in [-0.4, -0.2) is 36.6 Å². The van der Waals surface area contributed by atoms with Gasteiger partial charge in [-0.05, 0) is 19.1 Å². The molecule has 0 aliphatic carbocycles. The van der Waals surface area contributed by atoms with Gasteiger partial charge in [-0.3, -0.25) is 9.00 Å². The van der Waals surface area contributed by atoms with Crippen molar-refractivity contribution in [2.45, 2.75) is 18.7 Å². The number of halogens is 1. The standard InChI is InChI=1S/C12H17FN2O4S2/c1-3-20(17)5-4-15-12(16)9-6-10(13)8(2)11(7-9)21(14,18)19/h6-7H,3-5H2,1-2H3,(H,15,16)(H2,14,18,19). The molecule has 0 saturated carbocycles. The summed E-state index contributed by atoms with van der Waals surface area (Å²) in [6.07, 6.45) is 0. The molecule has 3 N–H and O–H groups in total. The molecule has 1 amide bonds. The van der Waals surface area contributed by atoms with Crippen LogP contribution in [-0.2, 0) is 20.8 Å². The molecule has 0 aliphatic heterocycles. The minimum absolute atomic E-state index is 0.138. The molecule has 0 heterocycles. The van der Waals surface area contributed by atoms with Gasteiger partial charge in [0.15, 0.2) is 0 Å². The van der Waals surface area contributed by atoms with E-state index in [0.29, 0.717) is 5.75 Å². The Morgan fingerprint density at radius 3 is 2.57 bits per heavy atom. The molecule has 1 aromatic carbocycles. The summed E-state index contributed by atoms with van der Waals surface area (Å²) in [5.74, 6) is -0.723. The third-order valence-electron chi connectivity index (χ3n) is 2.80. The highest BCUT2D eigenvalue weighted by Gasteiger charge is 2.19. The van der Waals surface area contributed by atoms with Crippen LogP contribution < -0.4 is 10.5 Å². The number of hydrogen-bond acceptors (Lipinski definition) is 4. The molecule has 1 atom stereocenters. The minimum Gasteiger partial charge on any atom is -0.351 e. The molecule has 1 aromatic rings. The van der Waals surface area contributed by atoms with Gasteiger partial charge < -0.3 is 5.32 Å². The number of nitrogens with two attached hydrogens (primary N) is 1. The van der Waals surface area contributed by atoms with Gasteiger partial charge in [-0.2, -0.15) is 0 Å². The molecule has 1 unspecified atom stereocenters. The fourth-order valence-corrected chi connectivity index (χ4v) is 3.04. The SMILES string of the molecule is CCS(=O)CCNC(=O)c1cc(F)c(C)c(S(N)(=O)=O)c1. The number of carbonyl (C=O) groups is 1. The van der Waals surface area contributed by atoms with E-state index in [2.05, 4.69) is 5.32 Å². The van der Waals surface area contributed by atoms with E-state index in [4.69, 9.17) is 5.14 Å². The predicted molar refractivity (Wildman–Crippen MR) is 78.4 cm³/mol. The van der Waals surface area contributed by atoms with Gasteiger partial charge in [0.05, 0.1) is 4.90 Å². The van der Waals surface area contributed by atoms with E-state index in [1.165, 1.54) is 6.92 Å². The molecule has 9 heteroatoms. The lowest BCUT2D eigenvalue weighted by molar-refractivity contribution is 0.0955. The van der Waals surface area contributed by atoms with Gasteiger partial charge in [0, 0.05) is 40.0 Å². The molecule has 0 bridgehead atoms. The number of benzene rings is 1. The van der Waals surface area contributed by atoms with Gasteiger partial charge in [0.1, 0.15) is 5.82 Å². The van der Waals surface area contributed by atoms with Crippen LogP contribution in [0.25, 0.3) is 0 Å². The summed E-state index contributed by atoms with van der Waals surface area (Å²) in [7, 11) is -5.15. The second-order valence-electron chi connectivity index (χ2n) is 4.31. The van der Waals surface area contributed by atoms with E-state index in [0.717, 1.165) is 12.1 Å². The maximum atomic E-state index is 13.7. The number of carbonyl (C=O) groups excluding carboxylic acids is 1. The number of hydrogen-bond donors (Lipinski definition) is 2. The van der Waals surface area contributed by atoms with Gasteiger partial charge in [0.25, 0.3) is 5.91 Å². The highest BCUT2D eigenvalue weighted by Crippen LogP contribution is 2.19. The zero-order chi connectivity index (χ0) is 16.2. The van der Waals surface area contributed by atoms with Gasteiger partial charge >= 0.3 is 0 Å². The first-order valence-electron chi connectivity index (χ1n) is 6.13. The molecular weight excluding hydrogens is 319 g/mol. The summed E-state index contributed by atoms with van der Waals surface area (Å²) in [6.45, 7) is 3.17. The maximum Gasteiger partial charge on any atom is 0.251 e. The van der Waals surface area contributed by atoms with E-state index in [9.17, 15) is 21.8 Å². The lowest BCUT2D eigenvalue weighted by Crippen LogP contribution is -2.28. The third kappa shape index (κ3) is 4.87. The topological polar surface area (TPSA) is 106 Å². The summed E-state index contributed by atoms with van der Waals surface area (Å²) >= 11 is 0. The van der Waals surface area contributed by atoms with Gasteiger partial charge in [-0.25, -0.2) is 17.9 Å². The monoisotopic (exact) mass is 336 g/mol. The van der Waals surface area contributed by atoms with Crippen LogP contribution >= 0.6 is 0 Å². The van der Waals surface area contributed by atoms with Crippen molar-refractivity contribution in [1.82, 2.24) is 5.32 Å². The molecule has 0 saturated heterocycles. The first-order chi connectivity index (χ1) is 9.66. The van der Waals surface area contributed by atoms with Crippen LogP contribution in [0.15, 0.2) is 17.0 Å². The Kier molecular flexibility index (Phi) is 5.99. The van der Waals surface area contributed by atoms with Crippen LogP contribution in [0.5, 0.6) is 0 Å². The van der Waals surface area contributed by atoms with Crippen molar-refractivity contribution in [2.24, 2.45) is 5.14 Å². The Morgan fingerprint density at radius 2 is 2.05 bits per heavy atom. The smallest absolute Gasteiger partial charge is 0.251 e. The first kappa shape index (κ1) is 17.7. The minimum atomic E-state index is -4.12. The Labute approximate surface area is 125 Å². The van der Waals surface area contributed by atoms with Crippen molar-refractivity contribution in [3.63, 3.8) is 0 Å². The van der Waals surface area contributed by atoms with Crippen molar-refractivity contribution >= 4 is 26.7 Å². The van der Waals surface area contributed by atoms with E-state index < -0.39 is 37.4 Å². The highest BCUT2D eigenvalue weighted by molar-refractivity contribution is 7.89. The van der Waals surface area contributed by atoms with E-state index in [1.807, 2.05) is 0 Å². The summed E-state index contributed by atoms with van der Waals surface area (Å²) in [5, 5.41) is 7.44. The summed E-state index contributed by atoms with van der Waals surface area (Å²) < 4.78 is 47.6. The Morgan fingerprint density at radius 1 is 1.43 bits per heavy atom. The summed E-state index contributed by atoms with van der Waals surface area (Å²) in [6, 6.07) is 1.97. The van der Waals surface area contributed by atoms with Crippen molar-refractivity contribution < 1.29 is 21.8 Å². The number of sulfonamides is 1. The van der Waals surface area contributed by atoms with Crippen molar-refractivity contribution in [3.8, 4) is 0 Å². The second kappa shape index (κ2) is 7.10. The number of amides is 1. The van der Waals surface area contributed by atoms with Crippen LogP contribution in [0.1, 0.15) is 22.8 Å². The predicted octanol–water partition coefficient (Wildman–Crippen LogP) is 0.280. The van der Waals surface area contributed by atoms with Crippen molar-refractivity contribution in [2.75, 3.05) is 18.1 Å². The maximum absolute atomic E-state index is 13.7. The highest BCUT2D eigenvalue weighted by atomic mass is 32.2. The Balaban J connectivity index is 2.96. The number of nitrogens with one attached hydrogen (secondary N) is 1.